The number of fused-ring (bicyclic) bond motifs is 2. The van der Waals surface area contributed by atoms with Gasteiger partial charge in [0.15, 0.2) is 0 Å². The first-order valence-electron chi connectivity index (χ1n) is 11.0. The molecular weight excluding hydrogens is 477 g/mol. The molecule has 0 radical (unpaired) electrons. The van der Waals surface area contributed by atoms with Crippen molar-refractivity contribution in [2.45, 2.75) is 24.9 Å². The van der Waals surface area contributed by atoms with Crippen molar-refractivity contribution in [2.24, 2.45) is 5.73 Å². The molecule has 1 aliphatic heterocycles. The Kier molecular flexibility index (Phi) is 6.26. The number of halogens is 2. The SMILES string of the molecule is NC[C@H]1CCCN1C(=O)c1cc2ncnc(N[C@@H](CO)c3nc4ccc(Cl)cc4[nH]3)c2cc1Cl. The van der Waals surface area contributed by atoms with Crippen LogP contribution in [0.3, 0.4) is 0 Å². The Morgan fingerprint density at radius 1 is 1.26 bits per heavy atom. The van der Waals surface area contributed by atoms with Crippen LogP contribution in [0.1, 0.15) is 35.1 Å². The minimum Gasteiger partial charge on any atom is -0.394 e. The molecule has 2 aromatic carbocycles. The number of likely N-dealkylation sites (tertiary alicyclic amines) is 1. The number of H-pyrrole nitrogens is 1. The molecule has 1 saturated heterocycles. The van der Waals surface area contributed by atoms with E-state index in [1.54, 1.807) is 35.2 Å². The second kappa shape index (κ2) is 9.34. The molecule has 34 heavy (non-hydrogen) atoms. The van der Waals surface area contributed by atoms with Gasteiger partial charge in [-0.1, -0.05) is 23.2 Å². The van der Waals surface area contributed by atoms with Gasteiger partial charge in [-0.05, 0) is 43.2 Å². The summed E-state index contributed by atoms with van der Waals surface area (Å²) in [4.78, 5) is 31.3. The molecule has 0 saturated carbocycles. The average molecular weight is 500 g/mol. The number of nitrogens with one attached hydrogen (secondary N) is 2. The molecule has 0 bridgehead atoms. The summed E-state index contributed by atoms with van der Waals surface area (Å²) in [5.41, 5.74) is 8.27. The number of amides is 1. The summed E-state index contributed by atoms with van der Waals surface area (Å²) in [7, 11) is 0. The van der Waals surface area contributed by atoms with Crippen LogP contribution >= 0.6 is 23.2 Å². The number of nitrogens with two attached hydrogens (primary N) is 1. The quantitative estimate of drug-likeness (QED) is 0.318. The van der Waals surface area contributed by atoms with Gasteiger partial charge in [-0.25, -0.2) is 15.0 Å². The van der Waals surface area contributed by atoms with Crippen molar-refractivity contribution in [1.29, 1.82) is 0 Å². The Morgan fingerprint density at radius 3 is 2.91 bits per heavy atom. The summed E-state index contributed by atoms with van der Waals surface area (Å²) >= 11 is 12.6. The lowest BCUT2D eigenvalue weighted by atomic mass is 10.1. The predicted molar refractivity (Wildman–Crippen MR) is 132 cm³/mol. The number of aromatic nitrogens is 4. The highest BCUT2D eigenvalue weighted by molar-refractivity contribution is 6.35. The summed E-state index contributed by atoms with van der Waals surface area (Å²) in [5.74, 6) is 0.845. The van der Waals surface area contributed by atoms with Gasteiger partial charge in [0.1, 0.15) is 24.0 Å². The second-order valence-corrected chi connectivity index (χ2v) is 9.11. The highest BCUT2D eigenvalue weighted by Crippen LogP contribution is 2.31. The Balaban J connectivity index is 1.47. The van der Waals surface area contributed by atoms with Crippen LogP contribution in [0.25, 0.3) is 21.9 Å². The Hall–Kier alpha value is -2.98. The number of hydrogen-bond acceptors (Lipinski definition) is 7. The standard InChI is InChI=1S/C23H23Cl2N7O2/c24-12-3-4-17-19(6-12)30-22(29-17)20(10-33)31-21-15-7-16(25)14(8-18(15)27-11-28-21)23(34)32-5-1-2-13(32)9-26/h3-4,6-8,11,13,20,33H,1-2,5,9-10,26H2,(H,29,30)(H,27,28,31)/t13-,20+/m1/s1. The van der Waals surface area contributed by atoms with E-state index < -0.39 is 6.04 Å². The van der Waals surface area contributed by atoms with Gasteiger partial charge in [-0.15, -0.1) is 0 Å². The van der Waals surface area contributed by atoms with E-state index in [1.165, 1.54) is 6.33 Å². The number of aliphatic hydroxyl groups is 1. The Bertz CT molecular complexity index is 1380. The molecule has 0 unspecified atom stereocenters. The monoisotopic (exact) mass is 499 g/mol. The van der Waals surface area contributed by atoms with Gasteiger partial charge in [-0.2, -0.15) is 0 Å². The molecule has 1 fully saturated rings. The number of benzene rings is 2. The van der Waals surface area contributed by atoms with E-state index in [0.29, 0.717) is 51.2 Å². The van der Waals surface area contributed by atoms with E-state index >= 15 is 0 Å². The van der Waals surface area contributed by atoms with Gasteiger partial charge in [0, 0.05) is 29.5 Å². The zero-order chi connectivity index (χ0) is 23.8. The van der Waals surface area contributed by atoms with E-state index in [-0.39, 0.29) is 18.6 Å². The summed E-state index contributed by atoms with van der Waals surface area (Å²) < 4.78 is 0. The smallest absolute Gasteiger partial charge is 0.255 e. The first-order chi connectivity index (χ1) is 16.5. The normalized spacial score (nSPS) is 16.9. The lowest BCUT2D eigenvalue weighted by molar-refractivity contribution is 0.0741. The van der Waals surface area contributed by atoms with Gasteiger partial charge >= 0.3 is 0 Å². The minimum atomic E-state index is -0.570. The van der Waals surface area contributed by atoms with Crippen molar-refractivity contribution in [3.05, 3.63) is 58.1 Å². The van der Waals surface area contributed by atoms with Crippen molar-refractivity contribution < 1.29 is 9.90 Å². The van der Waals surface area contributed by atoms with Gasteiger partial charge in [-0.3, -0.25) is 4.79 Å². The first-order valence-corrected chi connectivity index (χ1v) is 11.7. The lowest BCUT2D eigenvalue weighted by Gasteiger charge is -2.24. The van der Waals surface area contributed by atoms with E-state index in [2.05, 4.69) is 25.3 Å². The number of aliphatic hydroxyl groups excluding tert-OH is 1. The zero-order valence-electron chi connectivity index (χ0n) is 18.1. The summed E-state index contributed by atoms with van der Waals surface area (Å²) in [6.07, 6.45) is 3.21. The fourth-order valence-electron chi connectivity index (χ4n) is 4.39. The number of anilines is 1. The van der Waals surface area contributed by atoms with Crippen LogP contribution in [0.5, 0.6) is 0 Å². The number of aromatic amines is 1. The van der Waals surface area contributed by atoms with Crippen molar-refractivity contribution in [2.75, 3.05) is 25.0 Å². The molecule has 0 aliphatic carbocycles. The number of rotatable bonds is 6. The average Bonchev–Trinajstić information content (AvgIpc) is 3.48. The molecule has 1 amide bonds. The maximum absolute atomic E-state index is 13.2. The van der Waals surface area contributed by atoms with Crippen molar-refractivity contribution in [3.8, 4) is 0 Å². The molecule has 9 nitrogen and oxygen atoms in total. The predicted octanol–water partition coefficient (Wildman–Crippen LogP) is 3.52. The zero-order valence-corrected chi connectivity index (χ0v) is 19.6. The fourth-order valence-corrected chi connectivity index (χ4v) is 4.81. The first kappa shape index (κ1) is 22.8. The largest absolute Gasteiger partial charge is 0.394 e. The van der Waals surface area contributed by atoms with Crippen LogP contribution in [0.4, 0.5) is 5.82 Å². The Labute approximate surface area is 205 Å². The molecule has 3 heterocycles. The molecule has 2 atom stereocenters. The molecule has 0 spiro atoms. The third-order valence-electron chi connectivity index (χ3n) is 6.15. The molecule has 1 aliphatic rings. The number of nitrogens with zero attached hydrogens (tertiary/aromatic N) is 4. The summed E-state index contributed by atoms with van der Waals surface area (Å²) in [5, 5.41) is 14.8. The number of carbonyl (C=O) groups is 1. The summed E-state index contributed by atoms with van der Waals surface area (Å²) in [6, 6.07) is 8.13. The van der Waals surface area contributed by atoms with Gasteiger partial charge < -0.3 is 26.0 Å². The molecule has 11 heteroatoms. The number of hydrogen-bond donors (Lipinski definition) is 4. The molecule has 5 rings (SSSR count). The second-order valence-electron chi connectivity index (χ2n) is 8.26. The van der Waals surface area contributed by atoms with Crippen LogP contribution in [0, 0.1) is 0 Å². The van der Waals surface area contributed by atoms with Crippen LogP contribution < -0.4 is 11.1 Å². The van der Waals surface area contributed by atoms with Crippen LogP contribution in [0.15, 0.2) is 36.7 Å². The van der Waals surface area contributed by atoms with Crippen LogP contribution in [-0.2, 0) is 0 Å². The molecule has 5 N–H and O–H groups in total. The molecule has 176 valence electrons. The topological polar surface area (TPSA) is 133 Å². The minimum absolute atomic E-state index is 0.0193. The third-order valence-corrected chi connectivity index (χ3v) is 6.70. The van der Waals surface area contributed by atoms with Crippen LogP contribution in [0.2, 0.25) is 10.0 Å². The maximum atomic E-state index is 13.2. The highest BCUT2D eigenvalue weighted by atomic mass is 35.5. The van der Waals surface area contributed by atoms with Gasteiger partial charge in [0.05, 0.1) is 33.7 Å². The number of imidazole rings is 1. The third kappa shape index (κ3) is 4.16. The maximum Gasteiger partial charge on any atom is 0.255 e. The Morgan fingerprint density at radius 2 is 2.12 bits per heavy atom. The number of carbonyl (C=O) groups excluding carboxylic acids is 1. The fraction of sp³-hybridized carbons (Fsp3) is 0.304. The van der Waals surface area contributed by atoms with E-state index in [4.69, 9.17) is 28.9 Å². The summed E-state index contributed by atoms with van der Waals surface area (Å²) in [6.45, 7) is 0.842. The van der Waals surface area contributed by atoms with Gasteiger partial charge in [0.25, 0.3) is 5.91 Å². The highest BCUT2D eigenvalue weighted by Gasteiger charge is 2.30. The van der Waals surface area contributed by atoms with Gasteiger partial charge in [0.2, 0.25) is 0 Å². The van der Waals surface area contributed by atoms with E-state index in [1.807, 2.05) is 0 Å². The molecule has 4 aromatic rings. The van der Waals surface area contributed by atoms with Crippen molar-refractivity contribution in [1.82, 2.24) is 24.8 Å². The molecule has 2 aromatic heterocycles. The molecular formula is C23H23Cl2N7O2. The van der Waals surface area contributed by atoms with Crippen LogP contribution in [-0.4, -0.2) is 61.6 Å². The van der Waals surface area contributed by atoms with E-state index in [0.717, 1.165) is 23.9 Å². The van der Waals surface area contributed by atoms with Crippen molar-refractivity contribution in [3.63, 3.8) is 0 Å². The van der Waals surface area contributed by atoms with E-state index in [9.17, 15) is 9.90 Å². The lowest BCUT2D eigenvalue weighted by Crippen LogP contribution is -2.40. The van der Waals surface area contributed by atoms with Crippen molar-refractivity contribution >= 4 is 56.9 Å².